The number of nitrogens with one attached hydrogen (secondary N) is 1. The van der Waals surface area contributed by atoms with Crippen molar-refractivity contribution in [1.29, 1.82) is 0 Å². The fourth-order valence-electron chi connectivity index (χ4n) is 0.906. The summed E-state index contributed by atoms with van der Waals surface area (Å²) in [5.74, 6) is -0.170. The van der Waals surface area contributed by atoms with Gasteiger partial charge in [0.2, 0.25) is 5.91 Å². The van der Waals surface area contributed by atoms with Crippen LogP contribution >= 0.6 is 0 Å². The number of amides is 1. The Morgan fingerprint density at radius 2 is 2.00 bits per heavy atom. The standard InChI is InChI=1S/C10H19NO3/c1-4-14-10(13)7-9(12)11-6-5-8(2)3/h8H,4-7H2,1-3H3,(H,11,12). The molecule has 0 rings (SSSR count). The summed E-state index contributed by atoms with van der Waals surface area (Å²) in [6.07, 6.45) is 0.750. The van der Waals surface area contributed by atoms with Crippen LogP contribution in [0.2, 0.25) is 0 Å². The lowest BCUT2D eigenvalue weighted by atomic mass is 10.1. The van der Waals surface area contributed by atoms with Gasteiger partial charge in [-0.3, -0.25) is 9.59 Å². The van der Waals surface area contributed by atoms with E-state index in [0.29, 0.717) is 19.1 Å². The molecule has 0 unspecified atom stereocenters. The van der Waals surface area contributed by atoms with Gasteiger partial charge in [-0.25, -0.2) is 0 Å². The molecule has 0 aromatic heterocycles. The highest BCUT2D eigenvalue weighted by Crippen LogP contribution is 1.96. The van der Waals surface area contributed by atoms with Crippen LogP contribution in [0.1, 0.15) is 33.6 Å². The highest BCUT2D eigenvalue weighted by Gasteiger charge is 2.09. The molecular weight excluding hydrogens is 182 g/mol. The van der Waals surface area contributed by atoms with Gasteiger partial charge in [0.15, 0.2) is 0 Å². The number of rotatable bonds is 6. The van der Waals surface area contributed by atoms with Crippen molar-refractivity contribution in [2.75, 3.05) is 13.2 Å². The maximum absolute atomic E-state index is 11.1. The zero-order valence-electron chi connectivity index (χ0n) is 9.13. The molecule has 0 aliphatic heterocycles. The molecule has 14 heavy (non-hydrogen) atoms. The van der Waals surface area contributed by atoms with E-state index in [0.717, 1.165) is 6.42 Å². The average molecular weight is 201 g/mol. The van der Waals surface area contributed by atoms with E-state index in [4.69, 9.17) is 0 Å². The Bertz CT molecular complexity index is 190. The van der Waals surface area contributed by atoms with E-state index in [1.165, 1.54) is 0 Å². The fourth-order valence-corrected chi connectivity index (χ4v) is 0.906. The zero-order valence-corrected chi connectivity index (χ0v) is 9.13. The van der Waals surface area contributed by atoms with Crippen LogP contribution in [0.5, 0.6) is 0 Å². The average Bonchev–Trinajstić information content (AvgIpc) is 2.03. The summed E-state index contributed by atoms with van der Waals surface area (Å²) in [6, 6.07) is 0. The van der Waals surface area contributed by atoms with Crippen LogP contribution in [0.25, 0.3) is 0 Å². The summed E-state index contributed by atoms with van der Waals surface area (Å²) in [5, 5.41) is 2.66. The first-order valence-electron chi connectivity index (χ1n) is 4.98. The Kier molecular flexibility index (Phi) is 6.80. The molecular formula is C10H19NO3. The molecule has 4 heteroatoms. The van der Waals surface area contributed by atoms with Crippen LogP contribution < -0.4 is 5.32 Å². The molecule has 82 valence electrons. The van der Waals surface area contributed by atoms with E-state index < -0.39 is 5.97 Å². The monoisotopic (exact) mass is 201 g/mol. The van der Waals surface area contributed by atoms with E-state index >= 15 is 0 Å². The number of hydrogen-bond donors (Lipinski definition) is 1. The molecule has 0 saturated heterocycles. The molecule has 0 bridgehead atoms. The molecule has 0 aromatic carbocycles. The normalized spacial score (nSPS) is 10.0. The summed E-state index contributed by atoms with van der Waals surface area (Å²) >= 11 is 0. The first-order chi connectivity index (χ1) is 6.56. The zero-order chi connectivity index (χ0) is 11.0. The van der Waals surface area contributed by atoms with E-state index in [2.05, 4.69) is 23.9 Å². The molecule has 1 amide bonds. The van der Waals surface area contributed by atoms with E-state index in [1.54, 1.807) is 6.92 Å². The van der Waals surface area contributed by atoms with Gasteiger partial charge in [0.1, 0.15) is 6.42 Å². The first-order valence-corrected chi connectivity index (χ1v) is 4.98. The molecule has 0 heterocycles. The maximum atomic E-state index is 11.1. The SMILES string of the molecule is CCOC(=O)CC(=O)NCCC(C)C. The largest absolute Gasteiger partial charge is 0.466 e. The summed E-state index contributed by atoms with van der Waals surface area (Å²) in [5.41, 5.74) is 0. The maximum Gasteiger partial charge on any atom is 0.315 e. The van der Waals surface area contributed by atoms with Gasteiger partial charge in [-0.05, 0) is 19.3 Å². The molecule has 0 atom stereocenters. The molecule has 4 nitrogen and oxygen atoms in total. The number of esters is 1. The van der Waals surface area contributed by atoms with Crippen LogP contribution in [-0.2, 0) is 14.3 Å². The number of carbonyl (C=O) groups is 2. The van der Waals surface area contributed by atoms with Crippen molar-refractivity contribution in [3.63, 3.8) is 0 Å². The Balaban J connectivity index is 3.50. The second-order valence-corrected chi connectivity index (χ2v) is 3.51. The van der Waals surface area contributed by atoms with Crippen molar-refractivity contribution in [2.24, 2.45) is 5.92 Å². The fraction of sp³-hybridized carbons (Fsp3) is 0.800. The molecule has 0 radical (unpaired) electrons. The highest BCUT2D eigenvalue weighted by molar-refractivity contribution is 5.94. The van der Waals surface area contributed by atoms with E-state index in [9.17, 15) is 9.59 Å². The number of hydrogen-bond acceptors (Lipinski definition) is 3. The highest BCUT2D eigenvalue weighted by atomic mass is 16.5. The number of carbonyl (C=O) groups excluding carboxylic acids is 2. The lowest BCUT2D eigenvalue weighted by molar-refractivity contribution is -0.145. The summed E-state index contributed by atoms with van der Waals surface area (Å²) < 4.78 is 4.64. The van der Waals surface area contributed by atoms with Crippen molar-refractivity contribution in [2.45, 2.75) is 33.6 Å². The lowest BCUT2D eigenvalue weighted by Gasteiger charge is -2.06. The van der Waals surface area contributed by atoms with Crippen LogP contribution in [0.3, 0.4) is 0 Å². The van der Waals surface area contributed by atoms with Crippen LogP contribution in [0.15, 0.2) is 0 Å². The molecule has 0 aromatic rings. The smallest absolute Gasteiger partial charge is 0.315 e. The molecule has 0 fully saturated rings. The van der Waals surface area contributed by atoms with Crippen molar-refractivity contribution < 1.29 is 14.3 Å². The Morgan fingerprint density at radius 3 is 2.50 bits per heavy atom. The predicted molar refractivity (Wildman–Crippen MR) is 53.7 cm³/mol. The molecule has 0 aliphatic rings. The third kappa shape index (κ3) is 7.58. The second-order valence-electron chi connectivity index (χ2n) is 3.51. The predicted octanol–water partition coefficient (Wildman–Crippen LogP) is 1.10. The molecule has 1 N–H and O–H groups in total. The summed E-state index contributed by atoms with van der Waals surface area (Å²) in [6.45, 7) is 6.82. The molecule has 0 saturated carbocycles. The van der Waals surface area contributed by atoms with Crippen molar-refractivity contribution >= 4 is 11.9 Å². The van der Waals surface area contributed by atoms with E-state index in [1.807, 2.05) is 0 Å². The first kappa shape index (κ1) is 12.9. The van der Waals surface area contributed by atoms with Crippen molar-refractivity contribution in [3.05, 3.63) is 0 Å². The third-order valence-electron chi connectivity index (χ3n) is 1.65. The minimum atomic E-state index is -0.463. The topological polar surface area (TPSA) is 55.4 Å². The molecule has 0 aliphatic carbocycles. The quantitative estimate of drug-likeness (QED) is 0.517. The second kappa shape index (κ2) is 7.35. The van der Waals surface area contributed by atoms with Gasteiger partial charge in [0.05, 0.1) is 6.61 Å². The van der Waals surface area contributed by atoms with Gasteiger partial charge in [0.25, 0.3) is 0 Å². The van der Waals surface area contributed by atoms with Gasteiger partial charge in [0, 0.05) is 6.54 Å². The third-order valence-corrected chi connectivity index (χ3v) is 1.65. The van der Waals surface area contributed by atoms with Gasteiger partial charge < -0.3 is 10.1 Å². The van der Waals surface area contributed by atoms with Gasteiger partial charge in [-0.15, -0.1) is 0 Å². The van der Waals surface area contributed by atoms with Gasteiger partial charge >= 0.3 is 5.97 Å². The van der Waals surface area contributed by atoms with Gasteiger partial charge in [-0.1, -0.05) is 13.8 Å². The lowest BCUT2D eigenvalue weighted by Crippen LogP contribution is -2.28. The summed E-state index contributed by atoms with van der Waals surface area (Å²) in [4.78, 5) is 22.0. The van der Waals surface area contributed by atoms with Crippen LogP contribution in [-0.4, -0.2) is 25.0 Å². The Hall–Kier alpha value is -1.06. The summed E-state index contributed by atoms with van der Waals surface area (Å²) in [7, 11) is 0. The van der Waals surface area contributed by atoms with Crippen molar-refractivity contribution in [3.8, 4) is 0 Å². The van der Waals surface area contributed by atoms with Crippen molar-refractivity contribution in [1.82, 2.24) is 5.32 Å². The van der Waals surface area contributed by atoms with Crippen LogP contribution in [0.4, 0.5) is 0 Å². The minimum Gasteiger partial charge on any atom is -0.466 e. The number of ether oxygens (including phenoxy) is 1. The molecule has 0 spiro atoms. The van der Waals surface area contributed by atoms with E-state index in [-0.39, 0.29) is 12.3 Å². The van der Waals surface area contributed by atoms with Gasteiger partial charge in [-0.2, -0.15) is 0 Å². The Labute approximate surface area is 85.0 Å². The Morgan fingerprint density at radius 1 is 1.36 bits per heavy atom. The minimum absolute atomic E-state index is 0.175. The van der Waals surface area contributed by atoms with Crippen LogP contribution in [0, 0.1) is 5.92 Å².